The molecule has 72 valence electrons. The van der Waals surface area contributed by atoms with E-state index in [0.29, 0.717) is 0 Å². The molecule has 0 atom stereocenters. The molecule has 1 amide bonds. The van der Waals surface area contributed by atoms with Crippen LogP contribution in [0.1, 0.15) is 27.2 Å². The van der Waals surface area contributed by atoms with Gasteiger partial charge in [-0.3, -0.25) is 4.79 Å². The Labute approximate surface area is 80.0 Å². The molecule has 0 heterocycles. The molecule has 1 aromatic carbocycles. The fraction of sp³-hybridized carbons (Fsp3) is 0.364. The third kappa shape index (κ3) is 7.06. The van der Waals surface area contributed by atoms with E-state index in [1.165, 1.54) is 13.3 Å². The van der Waals surface area contributed by atoms with E-state index in [2.05, 4.69) is 19.2 Å². The van der Waals surface area contributed by atoms with Crippen molar-refractivity contribution in [2.45, 2.75) is 27.2 Å². The minimum atomic E-state index is -0.0359. The molecule has 13 heavy (non-hydrogen) atoms. The molecule has 0 fully saturated rings. The predicted molar refractivity (Wildman–Crippen MR) is 56.7 cm³/mol. The van der Waals surface area contributed by atoms with Crippen LogP contribution in [0.4, 0.5) is 5.69 Å². The van der Waals surface area contributed by atoms with Crippen molar-refractivity contribution in [3.8, 4) is 0 Å². The highest BCUT2D eigenvalue weighted by atomic mass is 16.1. The van der Waals surface area contributed by atoms with Crippen LogP contribution in [0.5, 0.6) is 0 Å². The van der Waals surface area contributed by atoms with Crippen LogP contribution < -0.4 is 5.32 Å². The van der Waals surface area contributed by atoms with Crippen LogP contribution in [0.3, 0.4) is 0 Å². The molecule has 1 rings (SSSR count). The van der Waals surface area contributed by atoms with Crippen LogP contribution >= 0.6 is 0 Å². The number of rotatable bonds is 1. The van der Waals surface area contributed by atoms with Crippen LogP contribution in [-0.4, -0.2) is 5.91 Å². The van der Waals surface area contributed by atoms with E-state index in [1.807, 2.05) is 30.3 Å². The average Bonchev–Trinajstić information content (AvgIpc) is 2.06. The molecule has 0 saturated heterocycles. The second-order valence-corrected chi connectivity index (χ2v) is 2.75. The van der Waals surface area contributed by atoms with Crippen LogP contribution in [-0.2, 0) is 4.79 Å². The number of hydrogen-bond acceptors (Lipinski definition) is 1. The Hall–Kier alpha value is -1.31. The van der Waals surface area contributed by atoms with Crippen molar-refractivity contribution in [2.24, 2.45) is 0 Å². The lowest BCUT2D eigenvalue weighted by Gasteiger charge is -1.98. The molecule has 0 aliphatic carbocycles. The lowest BCUT2D eigenvalue weighted by Crippen LogP contribution is -2.04. The Bertz CT molecular complexity index is 231. The van der Waals surface area contributed by atoms with Gasteiger partial charge in [0.2, 0.25) is 5.91 Å². The Morgan fingerprint density at radius 3 is 2.08 bits per heavy atom. The number of amides is 1. The first-order chi connectivity index (χ1) is 6.20. The molecule has 2 nitrogen and oxygen atoms in total. The zero-order valence-corrected chi connectivity index (χ0v) is 8.50. The van der Waals surface area contributed by atoms with Gasteiger partial charge in [0.05, 0.1) is 0 Å². The van der Waals surface area contributed by atoms with Gasteiger partial charge < -0.3 is 5.32 Å². The summed E-state index contributed by atoms with van der Waals surface area (Å²) in [5, 5.41) is 2.67. The van der Waals surface area contributed by atoms with E-state index in [4.69, 9.17) is 0 Å². The van der Waals surface area contributed by atoms with Gasteiger partial charge in [-0.2, -0.15) is 0 Å². The summed E-state index contributed by atoms with van der Waals surface area (Å²) in [6.07, 6.45) is 1.25. The minimum absolute atomic E-state index is 0.0359. The molecular weight excluding hydrogens is 162 g/mol. The van der Waals surface area contributed by atoms with Gasteiger partial charge in [-0.15, -0.1) is 0 Å². The van der Waals surface area contributed by atoms with Gasteiger partial charge in [-0.25, -0.2) is 0 Å². The molecular formula is C11H17NO. The molecule has 2 heteroatoms. The predicted octanol–water partition coefficient (Wildman–Crippen LogP) is 3.06. The highest BCUT2D eigenvalue weighted by molar-refractivity contribution is 5.88. The summed E-state index contributed by atoms with van der Waals surface area (Å²) in [7, 11) is 0. The lowest BCUT2D eigenvalue weighted by molar-refractivity contribution is -0.114. The smallest absolute Gasteiger partial charge is 0.221 e. The molecule has 0 spiro atoms. The molecule has 0 aromatic heterocycles. The summed E-state index contributed by atoms with van der Waals surface area (Å²) in [5.41, 5.74) is 0.843. The topological polar surface area (TPSA) is 29.1 Å². The molecule has 1 N–H and O–H groups in total. The first kappa shape index (κ1) is 11.7. The van der Waals surface area contributed by atoms with Crippen LogP contribution in [0.15, 0.2) is 30.3 Å². The summed E-state index contributed by atoms with van der Waals surface area (Å²) in [6.45, 7) is 5.74. The number of nitrogens with one attached hydrogen (secondary N) is 1. The van der Waals surface area contributed by atoms with Gasteiger partial charge in [0, 0.05) is 12.6 Å². The fourth-order valence-electron chi connectivity index (χ4n) is 0.725. The number of hydrogen-bond donors (Lipinski definition) is 1. The summed E-state index contributed by atoms with van der Waals surface area (Å²) < 4.78 is 0. The van der Waals surface area contributed by atoms with Gasteiger partial charge >= 0.3 is 0 Å². The molecule has 0 radical (unpaired) electrons. The molecule has 0 unspecified atom stereocenters. The molecule has 0 bridgehead atoms. The summed E-state index contributed by atoms with van der Waals surface area (Å²) >= 11 is 0. The van der Waals surface area contributed by atoms with Crippen LogP contribution in [0.25, 0.3) is 0 Å². The first-order valence-corrected chi connectivity index (χ1v) is 4.53. The maximum atomic E-state index is 10.5. The quantitative estimate of drug-likeness (QED) is 0.705. The Balaban J connectivity index is 0.000000424. The highest BCUT2D eigenvalue weighted by Gasteiger charge is 1.90. The van der Waals surface area contributed by atoms with E-state index in [-0.39, 0.29) is 5.91 Å². The zero-order chi connectivity index (χ0) is 10.1. The van der Waals surface area contributed by atoms with Crippen molar-refractivity contribution in [3.63, 3.8) is 0 Å². The average molecular weight is 179 g/mol. The normalized spacial score (nSPS) is 8.23. The van der Waals surface area contributed by atoms with Gasteiger partial charge in [0.15, 0.2) is 0 Å². The van der Waals surface area contributed by atoms with Crippen molar-refractivity contribution in [1.29, 1.82) is 0 Å². The third-order valence-corrected chi connectivity index (χ3v) is 1.09. The van der Waals surface area contributed by atoms with Gasteiger partial charge in [0.25, 0.3) is 0 Å². The lowest BCUT2D eigenvalue weighted by atomic mass is 10.3. The zero-order valence-electron chi connectivity index (χ0n) is 8.50. The SMILES string of the molecule is CC(=O)Nc1ccccc1.CCC. The third-order valence-electron chi connectivity index (χ3n) is 1.09. The number of para-hydroxylation sites is 1. The van der Waals surface area contributed by atoms with E-state index in [0.717, 1.165) is 5.69 Å². The molecule has 0 aliphatic rings. The Morgan fingerprint density at radius 2 is 1.69 bits per heavy atom. The van der Waals surface area contributed by atoms with Crippen molar-refractivity contribution in [1.82, 2.24) is 0 Å². The number of carbonyl (C=O) groups excluding carboxylic acids is 1. The second-order valence-electron chi connectivity index (χ2n) is 2.75. The molecule has 0 aliphatic heterocycles. The fourth-order valence-corrected chi connectivity index (χ4v) is 0.725. The van der Waals surface area contributed by atoms with E-state index in [1.54, 1.807) is 0 Å². The molecule has 1 aromatic rings. The number of carbonyl (C=O) groups is 1. The standard InChI is InChI=1S/C8H9NO.C3H8/c1-7(10)9-8-5-3-2-4-6-8;1-3-2/h2-6H,1H3,(H,9,10);3H2,1-2H3. The monoisotopic (exact) mass is 179 g/mol. The summed E-state index contributed by atoms with van der Waals surface area (Å²) in [5.74, 6) is -0.0359. The van der Waals surface area contributed by atoms with Crippen molar-refractivity contribution >= 4 is 11.6 Å². The first-order valence-electron chi connectivity index (χ1n) is 4.53. The Kier molecular flexibility index (Phi) is 6.60. The molecule has 0 saturated carbocycles. The minimum Gasteiger partial charge on any atom is -0.326 e. The summed E-state index contributed by atoms with van der Waals surface area (Å²) in [6, 6.07) is 9.37. The van der Waals surface area contributed by atoms with Gasteiger partial charge in [-0.05, 0) is 12.1 Å². The van der Waals surface area contributed by atoms with E-state index in [9.17, 15) is 4.79 Å². The number of anilines is 1. The van der Waals surface area contributed by atoms with E-state index < -0.39 is 0 Å². The van der Waals surface area contributed by atoms with Crippen molar-refractivity contribution < 1.29 is 4.79 Å². The second kappa shape index (κ2) is 7.35. The highest BCUT2D eigenvalue weighted by Crippen LogP contribution is 2.03. The largest absolute Gasteiger partial charge is 0.326 e. The Morgan fingerprint density at radius 1 is 1.23 bits per heavy atom. The number of benzene rings is 1. The maximum absolute atomic E-state index is 10.5. The van der Waals surface area contributed by atoms with E-state index >= 15 is 0 Å². The van der Waals surface area contributed by atoms with Gasteiger partial charge in [0.1, 0.15) is 0 Å². The van der Waals surface area contributed by atoms with Gasteiger partial charge in [-0.1, -0.05) is 38.5 Å². The van der Waals surface area contributed by atoms with Crippen molar-refractivity contribution in [2.75, 3.05) is 5.32 Å². The van der Waals surface area contributed by atoms with Crippen LogP contribution in [0, 0.1) is 0 Å². The van der Waals surface area contributed by atoms with Crippen LogP contribution in [0.2, 0.25) is 0 Å². The maximum Gasteiger partial charge on any atom is 0.221 e. The summed E-state index contributed by atoms with van der Waals surface area (Å²) in [4.78, 5) is 10.5. The van der Waals surface area contributed by atoms with Crippen molar-refractivity contribution in [3.05, 3.63) is 30.3 Å².